The molecular formula is C12H13N3O5S2. The quantitative estimate of drug-likeness (QED) is 0.845. The molecule has 0 unspecified atom stereocenters. The van der Waals surface area contributed by atoms with Gasteiger partial charge < -0.3 is 0 Å². The van der Waals surface area contributed by atoms with Crippen molar-refractivity contribution in [1.82, 2.24) is 8.96 Å². The van der Waals surface area contributed by atoms with E-state index in [0.717, 1.165) is 24.1 Å². The Morgan fingerprint density at radius 2 is 1.64 bits per heavy atom. The lowest BCUT2D eigenvalue weighted by molar-refractivity contribution is 0.590. The molecule has 22 heavy (non-hydrogen) atoms. The summed E-state index contributed by atoms with van der Waals surface area (Å²) in [5.41, 5.74) is -0.195. The molecule has 2 aromatic rings. The minimum atomic E-state index is -3.91. The smallest absolute Gasteiger partial charge is 0.263 e. The zero-order chi connectivity index (χ0) is 16.5. The number of anilines is 1. The van der Waals surface area contributed by atoms with Gasteiger partial charge in [-0.3, -0.25) is 4.72 Å². The largest absolute Gasteiger partial charge is 0.363 e. The molecule has 0 aliphatic heterocycles. The molecule has 2 rings (SSSR count). The first-order valence-electron chi connectivity index (χ1n) is 5.99. The van der Waals surface area contributed by atoms with Crippen LogP contribution in [0.3, 0.4) is 0 Å². The van der Waals surface area contributed by atoms with Crippen LogP contribution in [-0.2, 0) is 20.0 Å². The molecule has 0 aliphatic rings. The molecule has 0 saturated heterocycles. The van der Waals surface area contributed by atoms with E-state index in [9.17, 15) is 21.6 Å². The Hall–Kier alpha value is -2.20. The molecule has 1 N–H and O–H groups in total. The van der Waals surface area contributed by atoms with Crippen molar-refractivity contribution in [3.05, 3.63) is 52.6 Å². The summed E-state index contributed by atoms with van der Waals surface area (Å²) in [7, 11) is -7.69. The van der Waals surface area contributed by atoms with E-state index < -0.39 is 25.7 Å². The van der Waals surface area contributed by atoms with Gasteiger partial charge >= 0.3 is 5.69 Å². The fourth-order valence-electron chi connectivity index (χ4n) is 1.61. The summed E-state index contributed by atoms with van der Waals surface area (Å²) >= 11 is 0. The highest BCUT2D eigenvalue weighted by atomic mass is 32.2. The predicted molar refractivity (Wildman–Crippen MR) is 80.7 cm³/mol. The minimum Gasteiger partial charge on any atom is -0.263 e. The van der Waals surface area contributed by atoms with Gasteiger partial charge in [0, 0.05) is 6.20 Å². The highest BCUT2D eigenvalue weighted by Gasteiger charge is 2.16. The number of sulfonamides is 1. The van der Waals surface area contributed by atoms with E-state index >= 15 is 0 Å². The van der Waals surface area contributed by atoms with Gasteiger partial charge in [-0.25, -0.2) is 21.6 Å². The maximum atomic E-state index is 12.1. The lowest BCUT2D eigenvalue weighted by Crippen LogP contribution is -2.29. The van der Waals surface area contributed by atoms with Crippen molar-refractivity contribution in [1.29, 1.82) is 0 Å². The van der Waals surface area contributed by atoms with Crippen LogP contribution in [0.2, 0.25) is 0 Å². The Morgan fingerprint density at radius 3 is 2.14 bits per heavy atom. The standard InChI is InChI=1S/C12H13N3O5S2/c1-9-3-5-10(6-4-9)22(19,20)14-11-7-8-15(12(16)13-11)21(2,17)18/h3-8H,1-2H3,(H,13,14,16). The van der Waals surface area contributed by atoms with E-state index in [4.69, 9.17) is 0 Å². The second-order valence-electron chi connectivity index (χ2n) is 4.57. The molecule has 0 saturated carbocycles. The maximum Gasteiger partial charge on any atom is 0.363 e. The molecule has 8 nitrogen and oxygen atoms in total. The van der Waals surface area contributed by atoms with Crippen LogP contribution in [0.15, 0.2) is 46.2 Å². The Balaban J connectivity index is 2.37. The number of aromatic nitrogens is 2. The first-order valence-corrected chi connectivity index (χ1v) is 9.32. The number of nitrogens with one attached hydrogen (secondary N) is 1. The van der Waals surface area contributed by atoms with Gasteiger partial charge in [0.1, 0.15) is 5.82 Å². The van der Waals surface area contributed by atoms with E-state index in [1.807, 2.05) is 6.92 Å². The number of benzene rings is 1. The van der Waals surface area contributed by atoms with Crippen LogP contribution < -0.4 is 10.4 Å². The lowest BCUT2D eigenvalue weighted by atomic mass is 10.2. The molecule has 0 bridgehead atoms. The van der Waals surface area contributed by atoms with E-state index in [0.29, 0.717) is 3.97 Å². The van der Waals surface area contributed by atoms with Crippen molar-refractivity contribution < 1.29 is 16.8 Å². The zero-order valence-electron chi connectivity index (χ0n) is 11.7. The average Bonchev–Trinajstić information content (AvgIpc) is 2.37. The van der Waals surface area contributed by atoms with Crippen LogP contribution in [0, 0.1) is 6.92 Å². The summed E-state index contributed by atoms with van der Waals surface area (Å²) in [5, 5.41) is 0. The number of hydrogen-bond donors (Lipinski definition) is 1. The van der Waals surface area contributed by atoms with Crippen molar-refractivity contribution in [3.8, 4) is 0 Å². The fraction of sp³-hybridized carbons (Fsp3) is 0.167. The van der Waals surface area contributed by atoms with E-state index in [1.165, 1.54) is 12.1 Å². The third-order valence-electron chi connectivity index (χ3n) is 2.70. The predicted octanol–water partition coefficient (Wildman–Crippen LogP) is 0.160. The van der Waals surface area contributed by atoms with Gasteiger partial charge in [0.05, 0.1) is 11.2 Å². The first kappa shape index (κ1) is 16.2. The molecule has 118 valence electrons. The summed E-state index contributed by atoms with van der Waals surface area (Å²) in [4.78, 5) is 15.0. The highest BCUT2D eigenvalue weighted by Crippen LogP contribution is 2.14. The average molecular weight is 343 g/mol. The first-order chi connectivity index (χ1) is 10.1. The third kappa shape index (κ3) is 3.52. The summed E-state index contributed by atoms with van der Waals surface area (Å²) in [6.07, 6.45) is 1.78. The Bertz CT molecular complexity index is 961. The monoisotopic (exact) mass is 343 g/mol. The van der Waals surface area contributed by atoms with Crippen molar-refractivity contribution in [2.45, 2.75) is 11.8 Å². The number of nitrogens with zero attached hydrogens (tertiary/aromatic N) is 2. The topological polar surface area (TPSA) is 115 Å². The summed E-state index contributed by atoms with van der Waals surface area (Å²) in [5.74, 6) is -0.259. The van der Waals surface area contributed by atoms with E-state index in [1.54, 1.807) is 12.1 Å². The summed E-state index contributed by atoms with van der Waals surface area (Å²) in [6, 6.07) is 7.17. The normalized spacial score (nSPS) is 12.1. The van der Waals surface area contributed by atoms with Crippen LogP contribution in [0.5, 0.6) is 0 Å². The third-order valence-corrected chi connectivity index (χ3v) is 5.06. The van der Waals surface area contributed by atoms with Crippen LogP contribution in [0.25, 0.3) is 0 Å². The van der Waals surface area contributed by atoms with Crippen LogP contribution >= 0.6 is 0 Å². The van der Waals surface area contributed by atoms with Crippen LogP contribution in [-0.4, -0.2) is 32.0 Å². The Labute approximate surface area is 127 Å². The Morgan fingerprint density at radius 1 is 1.05 bits per heavy atom. The Kier molecular flexibility index (Phi) is 4.07. The van der Waals surface area contributed by atoms with Gasteiger partial charge in [0.15, 0.2) is 0 Å². The van der Waals surface area contributed by atoms with Gasteiger partial charge in [-0.1, -0.05) is 17.7 Å². The lowest BCUT2D eigenvalue weighted by Gasteiger charge is -2.08. The molecule has 0 spiro atoms. The van der Waals surface area contributed by atoms with Crippen molar-refractivity contribution in [2.24, 2.45) is 0 Å². The van der Waals surface area contributed by atoms with Gasteiger partial charge in [0.25, 0.3) is 10.0 Å². The number of rotatable bonds is 4. The molecule has 0 aliphatic carbocycles. The molecule has 1 aromatic carbocycles. The van der Waals surface area contributed by atoms with Gasteiger partial charge in [-0.05, 0) is 25.1 Å². The SMILES string of the molecule is Cc1ccc(S(=O)(=O)Nc2ccn(S(C)(=O)=O)c(=O)n2)cc1. The van der Waals surface area contributed by atoms with Crippen LogP contribution in [0.1, 0.15) is 5.56 Å². The van der Waals surface area contributed by atoms with Crippen molar-refractivity contribution in [3.63, 3.8) is 0 Å². The number of hydrogen-bond acceptors (Lipinski definition) is 6. The highest BCUT2D eigenvalue weighted by molar-refractivity contribution is 7.92. The molecule has 0 amide bonds. The van der Waals surface area contributed by atoms with Gasteiger partial charge in [-0.15, -0.1) is 0 Å². The molecule has 0 radical (unpaired) electrons. The molecule has 1 heterocycles. The maximum absolute atomic E-state index is 12.1. The number of aryl methyl sites for hydroxylation is 1. The minimum absolute atomic E-state index is 0.00666. The summed E-state index contributed by atoms with van der Waals surface area (Å²) < 4.78 is 49.4. The van der Waals surface area contributed by atoms with Gasteiger partial charge in [0.2, 0.25) is 10.0 Å². The van der Waals surface area contributed by atoms with Gasteiger partial charge in [-0.2, -0.15) is 8.96 Å². The summed E-state index contributed by atoms with van der Waals surface area (Å²) in [6.45, 7) is 1.82. The molecule has 10 heteroatoms. The molecule has 0 fully saturated rings. The van der Waals surface area contributed by atoms with E-state index in [2.05, 4.69) is 9.71 Å². The zero-order valence-corrected chi connectivity index (χ0v) is 13.3. The molecular weight excluding hydrogens is 330 g/mol. The molecule has 0 atom stereocenters. The molecule has 1 aromatic heterocycles. The second kappa shape index (κ2) is 5.54. The van der Waals surface area contributed by atoms with Crippen molar-refractivity contribution in [2.75, 3.05) is 11.0 Å². The fourth-order valence-corrected chi connectivity index (χ4v) is 3.22. The van der Waals surface area contributed by atoms with Crippen molar-refractivity contribution >= 4 is 25.9 Å². The van der Waals surface area contributed by atoms with E-state index in [-0.39, 0.29) is 10.7 Å². The van der Waals surface area contributed by atoms with Crippen LogP contribution in [0.4, 0.5) is 5.82 Å². The second-order valence-corrected chi connectivity index (χ2v) is 8.11.